The summed E-state index contributed by atoms with van der Waals surface area (Å²) in [6.07, 6.45) is -4.35. The lowest BCUT2D eigenvalue weighted by molar-refractivity contribution is -0.137. The lowest BCUT2D eigenvalue weighted by atomic mass is 9.87. The van der Waals surface area contributed by atoms with Crippen molar-refractivity contribution in [2.45, 2.75) is 25.1 Å². The average Bonchev–Trinajstić information content (AvgIpc) is 3.55. The maximum atomic E-state index is 13.4. The Bertz CT molecular complexity index is 1300. The number of likely N-dealkylation sites (tertiary alicyclic amines) is 1. The number of carbonyl (C=O) groups excluding carboxylic acids is 2. The van der Waals surface area contributed by atoms with Crippen molar-refractivity contribution in [3.63, 3.8) is 0 Å². The molecular weight excluding hydrogens is 485 g/mol. The molecular formula is C28H25F3N2O4. The van der Waals surface area contributed by atoms with E-state index in [1.165, 1.54) is 6.07 Å². The lowest BCUT2D eigenvalue weighted by Crippen LogP contribution is -2.35. The van der Waals surface area contributed by atoms with E-state index in [1.54, 1.807) is 23.1 Å². The van der Waals surface area contributed by atoms with E-state index >= 15 is 0 Å². The first-order valence-electron chi connectivity index (χ1n) is 11.9. The summed E-state index contributed by atoms with van der Waals surface area (Å²) in [5, 5.41) is 2.89. The summed E-state index contributed by atoms with van der Waals surface area (Å²) in [4.78, 5) is 28.0. The summed E-state index contributed by atoms with van der Waals surface area (Å²) in [6.45, 7) is 0.632. The maximum absolute atomic E-state index is 13.4. The van der Waals surface area contributed by atoms with Crippen molar-refractivity contribution in [2.75, 3.05) is 19.9 Å². The maximum Gasteiger partial charge on any atom is 0.416 e. The van der Waals surface area contributed by atoms with E-state index in [9.17, 15) is 22.8 Å². The van der Waals surface area contributed by atoms with Gasteiger partial charge in [0.15, 0.2) is 11.5 Å². The molecule has 2 atom stereocenters. The van der Waals surface area contributed by atoms with Crippen LogP contribution in [0.4, 0.5) is 13.2 Å². The van der Waals surface area contributed by atoms with Crippen LogP contribution in [0.5, 0.6) is 11.5 Å². The Kier molecular flexibility index (Phi) is 6.78. The van der Waals surface area contributed by atoms with Crippen LogP contribution in [-0.2, 0) is 28.7 Å². The van der Waals surface area contributed by atoms with E-state index in [2.05, 4.69) is 5.32 Å². The van der Waals surface area contributed by atoms with Gasteiger partial charge in [0, 0.05) is 25.6 Å². The lowest BCUT2D eigenvalue weighted by Gasteiger charge is -2.19. The van der Waals surface area contributed by atoms with Crippen LogP contribution >= 0.6 is 0 Å². The molecule has 2 unspecified atom stereocenters. The van der Waals surface area contributed by atoms with Crippen molar-refractivity contribution in [2.24, 2.45) is 5.92 Å². The van der Waals surface area contributed by atoms with Crippen LogP contribution in [-0.4, -0.2) is 36.6 Å². The van der Waals surface area contributed by atoms with E-state index in [0.29, 0.717) is 17.1 Å². The van der Waals surface area contributed by atoms with E-state index in [4.69, 9.17) is 9.47 Å². The van der Waals surface area contributed by atoms with Gasteiger partial charge in [0.05, 0.1) is 17.9 Å². The molecule has 6 nitrogen and oxygen atoms in total. The summed E-state index contributed by atoms with van der Waals surface area (Å²) < 4.78 is 50.9. The van der Waals surface area contributed by atoms with Crippen LogP contribution in [0.15, 0.2) is 72.8 Å². The van der Waals surface area contributed by atoms with Crippen molar-refractivity contribution in [1.82, 2.24) is 10.2 Å². The molecule has 2 heterocycles. The third-order valence-electron chi connectivity index (χ3n) is 6.75. The Labute approximate surface area is 212 Å². The molecule has 3 aromatic carbocycles. The number of benzene rings is 3. The van der Waals surface area contributed by atoms with E-state index in [0.717, 1.165) is 23.3 Å². The zero-order chi connectivity index (χ0) is 26.0. The van der Waals surface area contributed by atoms with Crippen LogP contribution in [0.1, 0.15) is 28.2 Å². The highest BCUT2D eigenvalue weighted by Crippen LogP contribution is 2.37. The highest BCUT2D eigenvalue weighted by Gasteiger charge is 2.41. The number of rotatable bonds is 6. The Morgan fingerprint density at radius 3 is 2.46 bits per heavy atom. The van der Waals surface area contributed by atoms with Gasteiger partial charge in [-0.3, -0.25) is 9.59 Å². The number of nitrogens with zero attached hydrogens (tertiary/aromatic N) is 1. The molecule has 2 amide bonds. The SMILES string of the molecule is O=C(NCc1ccc2c(c1)OCO2)C1CN(C(=O)Cc2ccccc2)CC1c1cccc(C(F)(F)F)c1. The summed E-state index contributed by atoms with van der Waals surface area (Å²) in [5.74, 6) is -0.546. The quantitative estimate of drug-likeness (QED) is 0.529. The number of carbonyl (C=O) groups is 2. The Morgan fingerprint density at radius 2 is 1.68 bits per heavy atom. The van der Waals surface area contributed by atoms with Crippen molar-refractivity contribution in [3.05, 3.63) is 95.1 Å². The fourth-order valence-electron chi connectivity index (χ4n) is 4.81. The molecule has 0 spiro atoms. The number of nitrogens with one attached hydrogen (secondary N) is 1. The van der Waals surface area contributed by atoms with Gasteiger partial charge in [-0.1, -0.05) is 54.6 Å². The fraction of sp³-hybridized carbons (Fsp3) is 0.286. The van der Waals surface area contributed by atoms with E-state index in [-0.39, 0.29) is 44.7 Å². The zero-order valence-corrected chi connectivity index (χ0v) is 19.8. The summed E-state index contributed by atoms with van der Waals surface area (Å²) in [5.41, 5.74) is 1.23. The van der Waals surface area contributed by atoms with Crippen molar-refractivity contribution in [1.29, 1.82) is 0 Å². The molecule has 192 valence electrons. The standard InChI is InChI=1S/C28H25F3N2O4/c29-28(30,31)21-8-4-7-20(13-21)22-15-33(26(34)12-18-5-2-1-3-6-18)16-23(22)27(35)32-14-19-9-10-24-25(11-19)37-17-36-24/h1-11,13,22-23H,12,14-17H2,(H,32,35). The van der Waals surface area contributed by atoms with Crippen LogP contribution in [0.3, 0.4) is 0 Å². The molecule has 0 aromatic heterocycles. The summed E-state index contributed by atoms with van der Waals surface area (Å²) >= 11 is 0. The molecule has 1 N–H and O–H groups in total. The van der Waals surface area contributed by atoms with Gasteiger partial charge >= 0.3 is 6.18 Å². The highest BCUT2D eigenvalue weighted by molar-refractivity contribution is 5.84. The minimum atomic E-state index is -4.51. The van der Waals surface area contributed by atoms with Gasteiger partial charge < -0.3 is 19.7 Å². The first-order chi connectivity index (χ1) is 17.8. The molecule has 37 heavy (non-hydrogen) atoms. The molecule has 1 saturated heterocycles. The monoisotopic (exact) mass is 510 g/mol. The predicted molar refractivity (Wildman–Crippen MR) is 129 cm³/mol. The molecule has 5 rings (SSSR count). The number of hydrogen-bond donors (Lipinski definition) is 1. The average molecular weight is 511 g/mol. The van der Waals surface area contributed by atoms with Crippen molar-refractivity contribution in [3.8, 4) is 11.5 Å². The van der Waals surface area contributed by atoms with Crippen LogP contribution in [0.2, 0.25) is 0 Å². The third-order valence-corrected chi connectivity index (χ3v) is 6.75. The number of hydrogen-bond acceptors (Lipinski definition) is 4. The fourth-order valence-corrected chi connectivity index (χ4v) is 4.81. The van der Waals surface area contributed by atoms with Gasteiger partial charge in [-0.05, 0) is 34.9 Å². The second-order valence-corrected chi connectivity index (χ2v) is 9.20. The minimum Gasteiger partial charge on any atom is -0.454 e. The van der Waals surface area contributed by atoms with Gasteiger partial charge in [0.1, 0.15) is 0 Å². The number of amides is 2. The van der Waals surface area contributed by atoms with E-state index < -0.39 is 23.6 Å². The van der Waals surface area contributed by atoms with Crippen LogP contribution < -0.4 is 14.8 Å². The molecule has 0 aliphatic carbocycles. The van der Waals surface area contributed by atoms with Crippen LogP contribution in [0.25, 0.3) is 0 Å². The predicted octanol–water partition coefficient (Wildman–Crippen LogP) is 4.54. The highest BCUT2D eigenvalue weighted by atomic mass is 19.4. The molecule has 2 aliphatic rings. The number of fused-ring (bicyclic) bond motifs is 1. The van der Waals surface area contributed by atoms with Gasteiger partial charge in [0.2, 0.25) is 18.6 Å². The van der Waals surface area contributed by atoms with Gasteiger partial charge in [0.25, 0.3) is 0 Å². The number of ether oxygens (including phenoxy) is 2. The molecule has 0 bridgehead atoms. The van der Waals surface area contributed by atoms with Crippen molar-refractivity contribution < 1.29 is 32.2 Å². The van der Waals surface area contributed by atoms with Gasteiger partial charge in [-0.15, -0.1) is 0 Å². The molecule has 0 radical (unpaired) electrons. The van der Waals surface area contributed by atoms with Crippen LogP contribution in [0, 0.1) is 5.92 Å². The second kappa shape index (κ2) is 10.2. The topological polar surface area (TPSA) is 67.9 Å². The molecule has 9 heteroatoms. The zero-order valence-electron chi connectivity index (χ0n) is 19.8. The molecule has 1 fully saturated rings. The normalized spacial score (nSPS) is 18.6. The summed E-state index contributed by atoms with van der Waals surface area (Å²) in [6, 6.07) is 19.6. The third kappa shape index (κ3) is 5.55. The largest absolute Gasteiger partial charge is 0.454 e. The summed E-state index contributed by atoms with van der Waals surface area (Å²) in [7, 11) is 0. The first kappa shape index (κ1) is 24.7. The van der Waals surface area contributed by atoms with Gasteiger partial charge in [-0.2, -0.15) is 13.2 Å². The molecule has 0 saturated carbocycles. The Balaban J connectivity index is 1.35. The molecule has 3 aromatic rings. The Morgan fingerprint density at radius 1 is 0.892 bits per heavy atom. The number of halogens is 3. The first-order valence-corrected chi connectivity index (χ1v) is 11.9. The van der Waals surface area contributed by atoms with E-state index in [1.807, 2.05) is 36.4 Å². The number of alkyl halides is 3. The molecule has 2 aliphatic heterocycles. The minimum absolute atomic E-state index is 0.125. The smallest absolute Gasteiger partial charge is 0.416 e. The Hall–Kier alpha value is -4.01. The second-order valence-electron chi connectivity index (χ2n) is 9.20. The van der Waals surface area contributed by atoms with Crippen molar-refractivity contribution >= 4 is 11.8 Å². The van der Waals surface area contributed by atoms with Gasteiger partial charge in [-0.25, -0.2) is 0 Å².